The Morgan fingerprint density at radius 2 is 1.77 bits per heavy atom. The number of nitrogens with one attached hydrogen (secondary N) is 2. The first-order chi connectivity index (χ1) is 17.1. The number of aryl methyl sites for hydroxylation is 1. The molecular weight excluding hydrogens is 440 g/mol. The number of aromatic nitrogens is 4. The highest BCUT2D eigenvalue weighted by Gasteiger charge is 2.39. The summed E-state index contributed by atoms with van der Waals surface area (Å²) in [5.74, 6) is 0.788. The van der Waals surface area contributed by atoms with Gasteiger partial charge >= 0.3 is 6.09 Å². The van der Waals surface area contributed by atoms with E-state index in [9.17, 15) is 4.79 Å². The smallest absolute Gasteiger partial charge is 0.411 e. The number of fused-ring (bicyclic) bond motifs is 1. The fraction of sp³-hybridized carbons (Fsp3) is 0.333. The molecule has 8 heteroatoms. The Labute approximate surface area is 204 Å². The van der Waals surface area contributed by atoms with Crippen LogP contribution in [0.2, 0.25) is 0 Å². The van der Waals surface area contributed by atoms with Crippen molar-refractivity contribution in [1.82, 2.24) is 20.2 Å². The molecule has 35 heavy (non-hydrogen) atoms. The van der Waals surface area contributed by atoms with Gasteiger partial charge in [-0.05, 0) is 53.8 Å². The molecule has 2 N–H and O–H groups in total. The zero-order valence-electron chi connectivity index (χ0n) is 19.9. The zero-order valence-corrected chi connectivity index (χ0v) is 19.9. The maximum Gasteiger partial charge on any atom is 0.411 e. The minimum absolute atomic E-state index is 0.162. The van der Waals surface area contributed by atoms with Gasteiger partial charge in [0.2, 0.25) is 0 Å². The third-order valence-corrected chi connectivity index (χ3v) is 6.66. The summed E-state index contributed by atoms with van der Waals surface area (Å²) >= 11 is 0. The summed E-state index contributed by atoms with van der Waals surface area (Å²) < 4.78 is 7.25. The van der Waals surface area contributed by atoms with Crippen molar-refractivity contribution in [2.45, 2.75) is 51.1 Å². The highest BCUT2D eigenvalue weighted by atomic mass is 16.5. The predicted octanol–water partition coefficient (Wildman–Crippen LogP) is 5.65. The number of hydrogen-bond donors (Lipinski definition) is 2. The van der Waals surface area contributed by atoms with Crippen LogP contribution >= 0.6 is 0 Å². The van der Waals surface area contributed by atoms with Gasteiger partial charge < -0.3 is 10.1 Å². The van der Waals surface area contributed by atoms with Gasteiger partial charge in [-0.1, -0.05) is 73.4 Å². The molecule has 1 amide bonds. The molecule has 3 aromatic carbocycles. The monoisotopic (exact) mass is 470 g/mol. The van der Waals surface area contributed by atoms with E-state index in [2.05, 4.69) is 57.3 Å². The van der Waals surface area contributed by atoms with Crippen LogP contribution in [0.4, 0.5) is 16.2 Å². The quantitative estimate of drug-likeness (QED) is 0.362. The number of hydrogen-bond acceptors (Lipinski definition) is 6. The Morgan fingerprint density at radius 1 is 1.00 bits per heavy atom. The fourth-order valence-electron chi connectivity index (χ4n) is 4.88. The Kier molecular flexibility index (Phi) is 6.61. The number of amides is 1. The summed E-state index contributed by atoms with van der Waals surface area (Å²) in [6.07, 6.45) is 4.82. The second kappa shape index (κ2) is 10.1. The van der Waals surface area contributed by atoms with Gasteiger partial charge in [-0.2, -0.15) is 0 Å². The van der Waals surface area contributed by atoms with Gasteiger partial charge in [-0.25, -0.2) is 9.48 Å². The predicted molar refractivity (Wildman–Crippen MR) is 136 cm³/mol. The van der Waals surface area contributed by atoms with Crippen LogP contribution in [0, 0.1) is 6.92 Å². The maximum atomic E-state index is 12.5. The number of carbonyl (C=O) groups is 1. The number of carbonyl (C=O) groups excluding carboxylic acids is 1. The molecule has 0 aliphatic heterocycles. The van der Waals surface area contributed by atoms with Crippen molar-refractivity contribution in [2.24, 2.45) is 0 Å². The molecule has 1 fully saturated rings. The third-order valence-electron chi connectivity index (χ3n) is 6.66. The number of tetrazole rings is 1. The number of nitrogens with zero attached hydrogens (tertiary/aromatic N) is 4. The van der Waals surface area contributed by atoms with E-state index in [0.717, 1.165) is 53.7 Å². The minimum Gasteiger partial charge on any atom is -0.447 e. The normalized spacial score (nSPS) is 15.0. The Bertz CT molecular complexity index is 1290. The molecule has 8 nitrogen and oxygen atoms in total. The van der Waals surface area contributed by atoms with E-state index in [1.807, 2.05) is 42.5 Å². The van der Waals surface area contributed by atoms with Crippen LogP contribution in [-0.4, -0.2) is 32.9 Å². The lowest BCUT2D eigenvalue weighted by atomic mass is 9.80. The van der Waals surface area contributed by atoms with Crippen molar-refractivity contribution >= 4 is 28.2 Å². The van der Waals surface area contributed by atoms with Crippen molar-refractivity contribution < 1.29 is 9.53 Å². The average molecular weight is 471 g/mol. The van der Waals surface area contributed by atoms with E-state index in [1.165, 1.54) is 12.0 Å². The standard InChI is InChI=1S/C27H30N6O2/c1-20-12-14-22(15-13-20)29-27(16-5-2-6-17-27)25-30-31-32-33(25)18-19-35-26(34)28-24-11-7-9-21-8-3-4-10-23(21)24/h3-4,7-15,29H,2,5-6,16-19H2,1H3,(H,28,34). The van der Waals surface area contributed by atoms with Crippen molar-refractivity contribution in [3.8, 4) is 0 Å². The van der Waals surface area contributed by atoms with Crippen LogP contribution in [0.25, 0.3) is 10.8 Å². The van der Waals surface area contributed by atoms with Crippen LogP contribution < -0.4 is 10.6 Å². The molecule has 0 unspecified atom stereocenters. The highest BCUT2D eigenvalue weighted by molar-refractivity contribution is 6.00. The van der Waals surface area contributed by atoms with Crippen molar-refractivity contribution in [3.63, 3.8) is 0 Å². The van der Waals surface area contributed by atoms with Gasteiger partial charge in [-0.3, -0.25) is 5.32 Å². The van der Waals surface area contributed by atoms with E-state index in [-0.39, 0.29) is 12.1 Å². The number of anilines is 2. The summed E-state index contributed by atoms with van der Waals surface area (Å²) in [6.45, 7) is 2.62. The van der Waals surface area contributed by atoms with Crippen LogP contribution in [0.5, 0.6) is 0 Å². The summed E-state index contributed by atoms with van der Waals surface area (Å²) in [6, 6.07) is 22.1. The van der Waals surface area contributed by atoms with Gasteiger partial charge in [0.05, 0.1) is 17.8 Å². The molecule has 5 rings (SSSR count). The zero-order chi connectivity index (χ0) is 24.1. The van der Waals surface area contributed by atoms with E-state index in [0.29, 0.717) is 6.54 Å². The van der Waals surface area contributed by atoms with Crippen molar-refractivity contribution in [3.05, 3.63) is 78.1 Å². The molecule has 1 aliphatic carbocycles. The van der Waals surface area contributed by atoms with Gasteiger partial charge in [-0.15, -0.1) is 5.10 Å². The fourth-order valence-corrected chi connectivity index (χ4v) is 4.88. The molecule has 1 aromatic heterocycles. The first kappa shape index (κ1) is 22.8. The number of benzene rings is 3. The SMILES string of the molecule is Cc1ccc(NC2(c3nnnn3CCOC(=O)Nc3cccc4ccccc34)CCCCC2)cc1. The van der Waals surface area contributed by atoms with Crippen LogP contribution in [-0.2, 0) is 16.8 Å². The van der Waals surface area contributed by atoms with Gasteiger partial charge in [0, 0.05) is 11.1 Å². The summed E-state index contributed by atoms with van der Waals surface area (Å²) in [5, 5.41) is 21.2. The Morgan fingerprint density at radius 3 is 2.60 bits per heavy atom. The van der Waals surface area contributed by atoms with Gasteiger partial charge in [0.15, 0.2) is 5.82 Å². The Hall–Kier alpha value is -3.94. The molecule has 0 bridgehead atoms. The van der Waals surface area contributed by atoms with Gasteiger partial charge in [0.25, 0.3) is 0 Å². The maximum absolute atomic E-state index is 12.5. The topological polar surface area (TPSA) is 94.0 Å². The average Bonchev–Trinajstić information content (AvgIpc) is 3.36. The van der Waals surface area contributed by atoms with E-state index in [1.54, 1.807) is 4.68 Å². The Balaban J connectivity index is 1.26. The molecule has 1 aliphatic rings. The number of rotatable bonds is 7. The molecule has 4 aromatic rings. The van der Waals surface area contributed by atoms with Crippen LogP contribution in [0.15, 0.2) is 66.7 Å². The summed E-state index contributed by atoms with van der Waals surface area (Å²) in [5.41, 5.74) is 2.65. The van der Waals surface area contributed by atoms with Crippen molar-refractivity contribution in [1.29, 1.82) is 0 Å². The molecule has 1 saturated carbocycles. The lowest BCUT2D eigenvalue weighted by Gasteiger charge is -2.37. The van der Waals surface area contributed by atoms with E-state index in [4.69, 9.17) is 4.74 Å². The first-order valence-corrected chi connectivity index (χ1v) is 12.2. The molecule has 180 valence electrons. The van der Waals surface area contributed by atoms with Crippen molar-refractivity contribution in [2.75, 3.05) is 17.2 Å². The first-order valence-electron chi connectivity index (χ1n) is 12.2. The minimum atomic E-state index is -0.499. The lowest BCUT2D eigenvalue weighted by Crippen LogP contribution is -2.40. The summed E-state index contributed by atoms with van der Waals surface area (Å²) in [4.78, 5) is 12.5. The second-order valence-electron chi connectivity index (χ2n) is 9.15. The molecule has 1 heterocycles. The van der Waals surface area contributed by atoms with Gasteiger partial charge in [0.1, 0.15) is 6.61 Å². The largest absolute Gasteiger partial charge is 0.447 e. The van der Waals surface area contributed by atoms with E-state index >= 15 is 0 Å². The number of ether oxygens (including phenoxy) is 1. The van der Waals surface area contributed by atoms with Crippen LogP contribution in [0.3, 0.4) is 0 Å². The van der Waals surface area contributed by atoms with E-state index < -0.39 is 6.09 Å². The van der Waals surface area contributed by atoms with Crippen LogP contribution in [0.1, 0.15) is 43.5 Å². The molecule has 0 saturated heterocycles. The highest BCUT2D eigenvalue weighted by Crippen LogP contribution is 2.39. The molecule has 0 atom stereocenters. The third kappa shape index (κ3) is 5.11. The molecule has 0 radical (unpaired) electrons. The molecule has 0 spiro atoms. The second-order valence-corrected chi connectivity index (χ2v) is 9.15. The summed E-state index contributed by atoms with van der Waals surface area (Å²) in [7, 11) is 0. The lowest BCUT2D eigenvalue weighted by molar-refractivity contribution is 0.153. The molecular formula is C27H30N6O2.